The topological polar surface area (TPSA) is 37.4 Å². The summed E-state index contributed by atoms with van der Waals surface area (Å²) >= 11 is 1.94. The monoisotopic (exact) mass is 373 g/mol. The molecule has 0 amide bonds. The van der Waals surface area contributed by atoms with Crippen molar-refractivity contribution in [3.63, 3.8) is 0 Å². The average molecular weight is 374 g/mol. The normalized spacial score (nSPS) is 24.2. The number of rotatable bonds is 3. The third kappa shape index (κ3) is 3.14. The lowest BCUT2D eigenvalue weighted by atomic mass is 9.86. The number of thioether (sulfide) groups is 1. The van der Waals surface area contributed by atoms with E-state index in [-0.39, 0.29) is 6.04 Å². The summed E-state index contributed by atoms with van der Waals surface area (Å²) in [5, 5.41) is 0. The first kappa shape index (κ1) is 17.1. The summed E-state index contributed by atoms with van der Waals surface area (Å²) in [5.41, 5.74) is 3.59. The summed E-state index contributed by atoms with van der Waals surface area (Å²) in [7, 11) is -3.48. The van der Waals surface area contributed by atoms with Gasteiger partial charge < -0.3 is 0 Å². The molecule has 0 bridgehead atoms. The van der Waals surface area contributed by atoms with E-state index >= 15 is 0 Å². The molecule has 0 radical (unpaired) electrons. The Morgan fingerprint density at radius 1 is 1.08 bits per heavy atom. The lowest BCUT2D eigenvalue weighted by Gasteiger charge is -2.39. The zero-order valence-electron chi connectivity index (χ0n) is 14.4. The molecular formula is C20H23NO2S2. The molecule has 2 aliphatic rings. The molecule has 4 rings (SSSR count). The average Bonchev–Trinajstić information content (AvgIpc) is 3.15. The Kier molecular flexibility index (Phi) is 4.65. The summed E-state index contributed by atoms with van der Waals surface area (Å²) in [6, 6.07) is 15.6. The summed E-state index contributed by atoms with van der Waals surface area (Å²) in [4.78, 5) is 0.410. The van der Waals surface area contributed by atoms with Gasteiger partial charge >= 0.3 is 0 Å². The summed E-state index contributed by atoms with van der Waals surface area (Å²) < 4.78 is 28.6. The fourth-order valence-corrected chi connectivity index (χ4v) is 6.94. The van der Waals surface area contributed by atoms with Crippen LogP contribution in [0.25, 0.3) is 0 Å². The maximum Gasteiger partial charge on any atom is 0.243 e. The molecule has 2 atom stereocenters. The van der Waals surface area contributed by atoms with Gasteiger partial charge in [-0.1, -0.05) is 42.0 Å². The van der Waals surface area contributed by atoms with Crippen LogP contribution >= 0.6 is 11.8 Å². The maximum atomic E-state index is 13.4. The van der Waals surface area contributed by atoms with E-state index in [2.05, 4.69) is 18.2 Å². The highest BCUT2D eigenvalue weighted by molar-refractivity contribution is 7.99. The van der Waals surface area contributed by atoms with Gasteiger partial charge in [-0.25, -0.2) is 8.42 Å². The van der Waals surface area contributed by atoms with Crippen LogP contribution in [0.3, 0.4) is 0 Å². The number of nitrogens with zero attached hydrogens (tertiary/aromatic N) is 1. The number of hydrogen-bond acceptors (Lipinski definition) is 3. The van der Waals surface area contributed by atoms with Crippen molar-refractivity contribution in [1.82, 2.24) is 4.31 Å². The Hall–Kier alpha value is -1.30. The van der Waals surface area contributed by atoms with E-state index in [0.717, 1.165) is 29.9 Å². The zero-order valence-corrected chi connectivity index (χ0v) is 16.0. The van der Waals surface area contributed by atoms with Crippen molar-refractivity contribution in [1.29, 1.82) is 0 Å². The highest BCUT2D eigenvalue weighted by atomic mass is 32.2. The van der Waals surface area contributed by atoms with Gasteiger partial charge in [0.2, 0.25) is 10.0 Å². The third-order valence-electron chi connectivity index (χ3n) is 5.32. The number of hydrogen-bond donors (Lipinski definition) is 0. The quantitative estimate of drug-likeness (QED) is 0.815. The fourth-order valence-electron chi connectivity index (χ4n) is 3.98. The van der Waals surface area contributed by atoms with E-state index in [1.165, 1.54) is 11.1 Å². The van der Waals surface area contributed by atoms with Crippen LogP contribution in [0.2, 0.25) is 0 Å². The molecule has 1 saturated heterocycles. The first-order valence-corrected chi connectivity index (χ1v) is 11.4. The van der Waals surface area contributed by atoms with Gasteiger partial charge in [-0.05, 0) is 60.4 Å². The SMILES string of the molecule is Cc1ccc(S(=O)(=O)N2CCc3ccccc3C2C2CCSC2)cc1. The van der Waals surface area contributed by atoms with Crippen molar-refractivity contribution in [3.05, 3.63) is 65.2 Å². The predicted molar refractivity (Wildman–Crippen MR) is 103 cm³/mol. The van der Waals surface area contributed by atoms with Crippen LogP contribution < -0.4 is 0 Å². The van der Waals surface area contributed by atoms with Crippen LogP contribution in [0.1, 0.15) is 29.2 Å². The number of fused-ring (bicyclic) bond motifs is 1. The molecule has 0 N–H and O–H groups in total. The molecule has 2 aromatic carbocycles. The Labute approximate surface area is 154 Å². The van der Waals surface area contributed by atoms with Crippen LogP contribution in [0, 0.1) is 12.8 Å². The van der Waals surface area contributed by atoms with E-state index < -0.39 is 10.0 Å². The predicted octanol–water partition coefficient (Wildman–Crippen LogP) is 4.04. The smallest absolute Gasteiger partial charge is 0.207 e. The number of benzene rings is 2. The number of aryl methyl sites for hydroxylation is 1. The lowest BCUT2D eigenvalue weighted by Crippen LogP contribution is -2.43. The van der Waals surface area contributed by atoms with Crippen molar-refractivity contribution in [3.8, 4) is 0 Å². The van der Waals surface area contributed by atoms with E-state index in [9.17, 15) is 8.42 Å². The lowest BCUT2D eigenvalue weighted by molar-refractivity contribution is 0.240. The minimum Gasteiger partial charge on any atom is -0.207 e. The standard InChI is InChI=1S/C20H23NO2S2/c1-15-6-8-18(9-7-15)25(22,23)21-12-10-16-4-2-3-5-19(16)20(21)17-11-13-24-14-17/h2-9,17,20H,10-14H2,1H3. The van der Waals surface area contributed by atoms with E-state index in [1.807, 2.05) is 36.9 Å². The van der Waals surface area contributed by atoms with Crippen LogP contribution in [-0.4, -0.2) is 30.8 Å². The van der Waals surface area contributed by atoms with Crippen molar-refractivity contribution >= 4 is 21.8 Å². The van der Waals surface area contributed by atoms with E-state index in [1.54, 1.807) is 16.4 Å². The Balaban J connectivity index is 1.78. The molecule has 2 aliphatic heterocycles. The first-order chi connectivity index (χ1) is 12.1. The molecular weight excluding hydrogens is 350 g/mol. The molecule has 5 heteroatoms. The molecule has 2 heterocycles. The zero-order chi connectivity index (χ0) is 17.4. The van der Waals surface area contributed by atoms with Crippen LogP contribution in [-0.2, 0) is 16.4 Å². The van der Waals surface area contributed by atoms with Gasteiger partial charge in [0.05, 0.1) is 10.9 Å². The summed E-state index contributed by atoms with van der Waals surface area (Å²) in [6.45, 7) is 2.55. The Morgan fingerprint density at radius 2 is 1.84 bits per heavy atom. The molecule has 0 saturated carbocycles. The molecule has 2 unspecified atom stereocenters. The van der Waals surface area contributed by atoms with Gasteiger partial charge in [0.1, 0.15) is 0 Å². The van der Waals surface area contributed by atoms with Gasteiger partial charge in [-0.2, -0.15) is 16.1 Å². The van der Waals surface area contributed by atoms with Gasteiger partial charge in [0, 0.05) is 6.54 Å². The molecule has 25 heavy (non-hydrogen) atoms. The van der Waals surface area contributed by atoms with Gasteiger partial charge in [0.15, 0.2) is 0 Å². The molecule has 0 aromatic heterocycles. The highest BCUT2D eigenvalue weighted by Gasteiger charge is 2.41. The minimum absolute atomic E-state index is 0.0359. The van der Waals surface area contributed by atoms with Crippen LogP contribution in [0.4, 0.5) is 0 Å². The van der Waals surface area contributed by atoms with E-state index in [4.69, 9.17) is 0 Å². The second kappa shape index (κ2) is 6.78. The van der Waals surface area contributed by atoms with Crippen molar-refractivity contribution in [2.24, 2.45) is 5.92 Å². The summed E-state index contributed by atoms with van der Waals surface area (Å²) in [6.07, 6.45) is 1.88. The fraction of sp³-hybridized carbons (Fsp3) is 0.400. The van der Waals surface area contributed by atoms with Crippen molar-refractivity contribution < 1.29 is 8.42 Å². The third-order valence-corrected chi connectivity index (χ3v) is 8.41. The molecule has 3 nitrogen and oxygen atoms in total. The highest BCUT2D eigenvalue weighted by Crippen LogP contribution is 2.43. The van der Waals surface area contributed by atoms with Crippen molar-refractivity contribution in [2.75, 3.05) is 18.1 Å². The molecule has 2 aromatic rings. The summed E-state index contributed by atoms with van der Waals surface area (Å²) in [5.74, 6) is 2.56. The van der Waals surface area contributed by atoms with Crippen LogP contribution in [0.15, 0.2) is 53.4 Å². The van der Waals surface area contributed by atoms with Crippen LogP contribution in [0.5, 0.6) is 0 Å². The first-order valence-electron chi connectivity index (χ1n) is 8.81. The largest absolute Gasteiger partial charge is 0.243 e. The van der Waals surface area contributed by atoms with Gasteiger partial charge in [0.25, 0.3) is 0 Å². The number of sulfonamides is 1. The van der Waals surface area contributed by atoms with Gasteiger partial charge in [-0.3, -0.25) is 0 Å². The van der Waals surface area contributed by atoms with Gasteiger partial charge in [-0.15, -0.1) is 0 Å². The molecule has 1 fully saturated rings. The Morgan fingerprint density at radius 3 is 2.56 bits per heavy atom. The second-order valence-electron chi connectivity index (χ2n) is 6.95. The maximum absolute atomic E-state index is 13.4. The second-order valence-corrected chi connectivity index (χ2v) is 9.99. The Bertz CT molecular complexity index is 856. The molecule has 0 aliphatic carbocycles. The van der Waals surface area contributed by atoms with E-state index in [0.29, 0.717) is 17.4 Å². The molecule has 0 spiro atoms. The minimum atomic E-state index is -3.48. The van der Waals surface area contributed by atoms with Crippen molar-refractivity contribution in [2.45, 2.75) is 30.7 Å². The molecule has 132 valence electrons.